The highest BCUT2D eigenvalue weighted by molar-refractivity contribution is 5.80. The zero-order valence-electron chi connectivity index (χ0n) is 10.1. The summed E-state index contributed by atoms with van der Waals surface area (Å²) in [6.45, 7) is 2.64. The average molecular weight is 220 g/mol. The van der Waals surface area contributed by atoms with E-state index in [2.05, 4.69) is 12.1 Å². The number of benzene rings is 1. The summed E-state index contributed by atoms with van der Waals surface area (Å²) in [5.74, 6) is 0.449. The van der Waals surface area contributed by atoms with Gasteiger partial charge in [0.15, 0.2) is 0 Å². The molecule has 0 spiro atoms. The fourth-order valence-corrected chi connectivity index (χ4v) is 1.61. The topological polar surface area (TPSA) is 26.3 Å². The van der Waals surface area contributed by atoms with Crippen LogP contribution in [-0.4, -0.2) is 19.5 Å². The quantitative estimate of drug-likeness (QED) is 0.706. The normalized spacial score (nSPS) is 12.4. The summed E-state index contributed by atoms with van der Waals surface area (Å²) in [6.07, 6.45) is 2.30. The van der Waals surface area contributed by atoms with Crippen LogP contribution in [0.15, 0.2) is 30.3 Å². The van der Waals surface area contributed by atoms with E-state index in [9.17, 15) is 4.79 Å². The van der Waals surface area contributed by atoms with Crippen molar-refractivity contribution in [3.63, 3.8) is 0 Å². The molecule has 0 aliphatic heterocycles. The Bertz CT molecular complexity index is 306. The second-order valence-corrected chi connectivity index (χ2v) is 4.13. The van der Waals surface area contributed by atoms with Crippen LogP contribution in [0.5, 0.6) is 0 Å². The minimum Gasteiger partial charge on any atom is -0.385 e. The number of carbonyl (C=O) groups excluding carboxylic acids is 1. The number of rotatable bonds is 7. The number of carbonyl (C=O) groups is 1. The molecule has 1 unspecified atom stereocenters. The molecule has 0 fully saturated rings. The summed E-state index contributed by atoms with van der Waals surface area (Å²) < 4.78 is 4.97. The number of ether oxygens (including phenoxy) is 1. The number of hydrogen-bond donors (Lipinski definition) is 0. The smallest absolute Gasteiger partial charge is 0.136 e. The highest BCUT2D eigenvalue weighted by atomic mass is 16.5. The van der Waals surface area contributed by atoms with Crippen molar-refractivity contribution in [3.8, 4) is 0 Å². The highest BCUT2D eigenvalue weighted by Crippen LogP contribution is 2.10. The molecule has 1 aromatic carbocycles. The second-order valence-electron chi connectivity index (χ2n) is 4.13. The molecule has 0 aliphatic carbocycles. The standard InChI is InChI=1S/C14H20O2/c1-12(10-11-16-2)14(15)9-8-13-6-4-3-5-7-13/h3-7,12H,8-11H2,1-2H3. The Labute approximate surface area is 97.6 Å². The summed E-state index contributed by atoms with van der Waals surface area (Å²) in [5, 5.41) is 0. The van der Waals surface area contributed by atoms with E-state index in [1.54, 1.807) is 7.11 Å². The van der Waals surface area contributed by atoms with Gasteiger partial charge in [-0.15, -0.1) is 0 Å². The fourth-order valence-electron chi connectivity index (χ4n) is 1.61. The van der Waals surface area contributed by atoms with Crippen LogP contribution < -0.4 is 0 Å². The molecule has 2 nitrogen and oxygen atoms in total. The lowest BCUT2D eigenvalue weighted by atomic mass is 9.97. The van der Waals surface area contributed by atoms with Crippen molar-refractivity contribution >= 4 is 5.78 Å². The fraction of sp³-hybridized carbons (Fsp3) is 0.500. The van der Waals surface area contributed by atoms with E-state index in [1.165, 1.54) is 5.56 Å². The minimum absolute atomic E-state index is 0.115. The highest BCUT2D eigenvalue weighted by Gasteiger charge is 2.12. The monoisotopic (exact) mass is 220 g/mol. The van der Waals surface area contributed by atoms with Gasteiger partial charge in [-0.05, 0) is 18.4 Å². The van der Waals surface area contributed by atoms with E-state index in [-0.39, 0.29) is 5.92 Å². The Morgan fingerprint density at radius 1 is 1.31 bits per heavy atom. The van der Waals surface area contributed by atoms with Gasteiger partial charge in [0.25, 0.3) is 0 Å². The van der Waals surface area contributed by atoms with Crippen molar-refractivity contribution in [2.24, 2.45) is 5.92 Å². The van der Waals surface area contributed by atoms with E-state index in [4.69, 9.17) is 4.74 Å². The third-order valence-electron chi connectivity index (χ3n) is 2.81. The molecule has 0 amide bonds. The summed E-state index contributed by atoms with van der Waals surface area (Å²) >= 11 is 0. The Morgan fingerprint density at radius 3 is 2.62 bits per heavy atom. The van der Waals surface area contributed by atoms with Crippen molar-refractivity contribution in [2.45, 2.75) is 26.2 Å². The van der Waals surface area contributed by atoms with Crippen LogP contribution in [0.2, 0.25) is 0 Å². The number of Topliss-reactive ketones (excluding diaryl/α,β-unsaturated/α-hetero) is 1. The zero-order valence-corrected chi connectivity index (χ0v) is 10.1. The van der Waals surface area contributed by atoms with E-state index in [0.717, 1.165) is 12.8 Å². The van der Waals surface area contributed by atoms with Gasteiger partial charge in [0.05, 0.1) is 0 Å². The molecule has 0 radical (unpaired) electrons. The van der Waals surface area contributed by atoms with Crippen molar-refractivity contribution in [3.05, 3.63) is 35.9 Å². The maximum absolute atomic E-state index is 11.8. The molecule has 0 aromatic heterocycles. The molecule has 88 valence electrons. The SMILES string of the molecule is COCCC(C)C(=O)CCc1ccccc1. The van der Waals surface area contributed by atoms with Gasteiger partial charge in [0.2, 0.25) is 0 Å². The maximum atomic E-state index is 11.8. The second kappa shape index (κ2) is 7.18. The van der Waals surface area contributed by atoms with Crippen LogP contribution in [0.3, 0.4) is 0 Å². The summed E-state index contributed by atoms with van der Waals surface area (Å²) in [6, 6.07) is 10.1. The van der Waals surface area contributed by atoms with Gasteiger partial charge in [0, 0.05) is 26.1 Å². The van der Waals surface area contributed by atoms with Crippen LogP contribution in [-0.2, 0) is 16.0 Å². The zero-order chi connectivity index (χ0) is 11.8. The molecule has 16 heavy (non-hydrogen) atoms. The molecule has 0 aliphatic rings. The van der Waals surface area contributed by atoms with Gasteiger partial charge in [-0.3, -0.25) is 4.79 Å². The molecule has 1 rings (SSSR count). The van der Waals surface area contributed by atoms with Crippen LogP contribution in [0, 0.1) is 5.92 Å². The molecule has 2 heteroatoms. The number of methoxy groups -OCH3 is 1. The van der Waals surface area contributed by atoms with Crippen molar-refractivity contribution in [1.82, 2.24) is 0 Å². The molecular formula is C14H20O2. The third-order valence-corrected chi connectivity index (χ3v) is 2.81. The molecule has 0 bridgehead atoms. The summed E-state index contributed by atoms with van der Waals surface area (Å²) in [7, 11) is 1.67. The molecule has 0 N–H and O–H groups in total. The van der Waals surface area contributed by atoms with Gasteiger partial charge in [-0.1, -0.05) is 37.3 Å². The molecule has 0 saturated heterocycles. The maximum Gasteiger partial charge on any atom is 0.136 e. The Kier molecular flexibility index (Phi) is 5.79. The Morgan fingerprint density at radius 2 is 2.00 bits per heavy atom. The van der Waals surface area contributed by atoms with Crippen molar-refractivity contribution < 1.29 is 9.53 Å². The van der Waals surface area contributed by atoms with Gasteiger partial charge < -0.3 is 4.74 Å². The summed E-state index contributed by atoms with van der Waals surface area (Å²) in [4.78, 5) is 11.8. The number of hydrogen-bond acceptors (Lipinski definition) is 2. The molecule has 1 atom stereocenters. The first-order chi connectivity index (χ1) is 7.74. The van der Waals surface area contributed by atoms with E-state index >= 15 is 0 Å². The molecule has 1 aromatic rings. The van der Waals surface area contributed by atoms with E-state index in [1.807, 2.05) is 25.1 Å². The average Bonchev–Trinajstić information content (AvgIpc) is 2.34. The third kappa shape index (κ3) is 4.58. The largest absolute Gasteiger partial charge is 0.385 e. The van der Waals surface area contributed by atoms with Gasteiger partial charge in [0.1, 0.15) is 5.78 Å². The lowest BCUT2D eigenvalue weighted by Crippen LogP contribution is -2.13. The van der Waals surface area contributed by atoms with Crippen LogP contribution in [0.1, 0.15) is 25.3 Å². The van der Waals surface area contributed by atoms with E-state index in [0.29, 0.717) is 18.8 Å². The first-order valence-corrected chi connectivity index (χ1v) is 5.79. The predicted octanol–water partition coefficient (Wildman–Crippen LogP) is 2.86. The number of ketones is 1. The van der Waals surface area contributed by atoms with Crippen LogP contribution >= 0.6 is 0 Å². The Balaban J connectivity index is 2.29. The molecule has 0 saturated carbocycles. The molecular weight excluding hydrogens is 200 g/mol. The number of aryl methyl sites for hydroxylation is 1. The lowest BCUT2D eigenvalue weighted by molar-refractivity contribution is -0.122. The van der Waals surface area contributed by atoms with Crippen LogP contribution in [0.4, 0.5) is 0 Å². The van der Waals surface area contributed by atoms with Crippen molar-refractivity contribution in [1.29, 1.82) is 0 Å². The van der Waals surface area contributed by atoms with Gasteiger partial charge >= 0.3 is 0 Å². The van der Waals surface area contributed by atoms with Crippen molar-refractivity contribution in [2.75, 3.05) is 13.7 Å². The molecule has 0 heterocycles. The van der Waals surface area contributed by atoms with Gasteiger partial charge in [-0.25, -0.2) is 0 Å². The Hall–Kier alpha value is -1.15. The van der Waals surface area contributed by atoms with Crippen LogP contribution in [0.25, 0.3) is 0 Å². The van der Waals surface area contributed by atoms with Gasteiger partial charge in [-0.2, -0.15) is 0 Å². The first kappa shape index (κ1) is 12.9. The predicted molar refractivity (Wildman–Crippen MR) is 65.4 cm³/mol. The minimum atomic E-state index is 0.115. The lowest BCUT2D eigenvalue weighted by Gasteiger charge is -2.09. The van der Waals surface area contributed by atoms with E-state index < -0.39 is 0 Å². The first-order valence-electron chi connectivity index (χ1n) is 5.79. The summed E-state index contributed by atoms with van der Waals surface area (Å²) in [5.41, 5.74) is 1.23.